The lowest BCUT2D eigenvalue weighted by molar-refractivity contribution is -0.144. The standard InChI is InChI=1S/C18H17NO4S2/c20-17(10-11-19-25(21,22)18-9-4-12-24-18)23-13-15-7-3-6-14-5-1-2-8-16(14)15/h1-9,12,19H,10-11,13H2. The lowest BCUT2D eigenvalue weighted by Crippen LogP contribution is -2.26. The Hall–Kier alpha value is -2.22. The van der Waals surface area contributed by atoms with Gasteiger partial charge < -0.3 is 4.74 Å². The van der Waals surface area contributed by atoms with Gasteiger partial charge >= 0.3 is 5.97 Å². The zero-order valence-electron chi connectivity index (χ0n) is 13.3. The highest BCUT2D eigenvalue weighted by Gasteiger charge is 2.15. The Morgan fingerprint density at radius 3 is 2.64 bits per heavy atom. The molecular formula is C18H17NO4S2. The molecule has 0 bridgehead atoms. The van der Waals surface area contributed by atoms with Crippen molar-refractivity contribution in [2.45, 2.75) is 17.2 Å². The lowest BCUT2D eigenvalue weighted by Gasteiger charge is -2.08. The summed E-state index contributed by atoms with van der Waals surface area (Å²) < 4.78 is 31.8. The SMILES string of the molecule is O=C(CCNS(=O)(=O)c1cccs1)OCc1cccc2ccccc12. The van der Waals surface area contributed by atoms with Crippen LogP contribution < -0.4 is 4.72 Å². The Labute approximate surface area is 150 Å². The molecule has 5 nitrogen and oxygen atoms in total. The molecular weight excluding hydrogens is 358 g/mol. The topological polar surface area (TPSA) is 72.5 Å². The first-order chi connectivity index (χ1) is 12.1. The van der Waals surface area contributed by atoms with E-state index in [2.05, 4.69) is 4.72 Å². The van der Waals surface area contributed by atoms with Crippen LogP contribution in [0, 0.1) is 0 Å². The average molecular weight is 375 g/mol. The van der Waals surface area contributed by atoms with Crippen LogP contribution in [-0.2, 0) is 26.2 Å². The summed E-state index contributed by atoms with van der Waals surface area (Å²) >= 11 is 1.13. The van der Waals surface area contributed by atoms with E-state index >= 15 is 0 Å². The maximum absolute atomic E-state index is 11.9. The molecule has 130 valence electrons. The van der Waals surface area contributed by atoms with Crippen molar-refractivity contribution < 1.29 is 17.9 Å². The van der Waals surface area contributed by atoms with Gasteiger partial charge in [0, 0.05) is 6.54 Å². The molecule has 0 aliphatic rings. The fourth-order valence-corrected chi connectivity index (χ4v) is 4.49. The molecule has 0 unspecified atom stereocenters. The third kappa shape index (κ3) is 4.45. The van der Waals surface area contributed by atoms with E-state index in [0.717, 1.165) is 27.7 Å². The molecule has 3 aromatic rings. The van der Waals surface area contributed by atoms with Crippen LogP contribution in [0.3, 0.4) is 0 Å². The molecule has 0 saturated carbocycles. The summed E-state index contributed by atoms with van der Waals surface area (Å²) in [4.78, 5) is 11.9. The molecule has 1 N–H and O–H groups in total. The summed E-state index contributed by atoms with van der Waals surface area (Å²) in [5.41, 5.74) is 0.922. The highest BCUT2D eigenvalue weighted by Crippen LogP contribution is 2.19. The molecule has 25 heavy (non-hydrogen) atoms. The molecule has 0 atom stereocenters. The van der Waals surface area contributed by atoms with Crippen LogP contribution in [0.5, 0.6) is 0 Å². The van der Waals surface area contributed by atoms with E-state index in [1.807, 2.05) is 42.5 Å². The lowest BCUT2D eigenvalue weighted by atomic mass is 10.1. The fraction of sp³-hybridized carbons (Fsp3) is 0.167. The highest BCUT2D eigenvalue weighted by molar-refractivity contribution is 7.91. The van der Waals surface area contributed by atoms with Gasteiger partial charge in [-0.15, -0.1) is 11.3 Å². The number of carbonyl (C=O) groups excluding carboxylic acids is 1. The number of benzene rings is 2. The third-order valence-corrected chi connectivity index (χ3v) is 6.51. The Morgan fingerprint density at radius 1 is 1.04 bits per heavy atom. The van der Waals surface area contributed by atoms with E-state index in [1.165, 1.54) is 6.07 Å². The fourth-order valence-electron chi connectivity index (χ4n) is 2.42. The van der Waals surface area contributed by atoms with E-state index in [1.54, 1.807) is 11.4 Å². The van der Waals surface area contributed by atoms with Crippen LogP contribution in [0.25, 0.3) is 10.8 Å². The number of esters is 1. The first kappa shape index (κ1) is 17.6. The second-order valence-corrected chi connectivity index (χ2v) is 8.32. The smallest absolute Gasteiger partial charge is 0.307 e. The van der Waals surface area contributed by atoms with Crippen LogP contribution in [0.2, 0.25) is 0 Å². The van der Waals surface area contributed by atoms with Crippen molar-refractivity contribution in [2.75, 3.05) is 6.54 Å². The summed E-state index contributed by atoms with van der Waals surface area (Å²) in [5, 5.41) is 3.81. The van der Waals surface area contributed by atoms with Crippen LogP contribution in [0.1, 0.15) is 12.0 Å². The van der Waals surface area contributed by atoms with E-state index in [9.17, 15) is 13.2 Å². The molecule has 0 fully saturated rings. The maximum Gasteiger partial charge on any atom is 0.307 e. The molecule has 2 aromatic carbocycles. The second-order valence-electron chi connectivity index (χ2n) is 5.38. The van der Waals surface area contributed by atoms with Gasteiger partial charge in [-0.1, -0.05) is 48.5 Å². The number of thiophene rings is 1. The molecule has 3 rings (SSSR count). The molecule has 0 aliphatic carbocycles. The van der Waals surface area contributed by atoms with Crippen molar-refractivity contribution in [1.29, 1.82) is 0 Å². The number of nitrogens with one attached hydrogen (secondary N) is 1. The average Bonchev–Trinajstić information content (AvgIpc) is 3.15. The number of carbonyl (C=O) groups is 1. The summed E-state index contributed by atoms with van der Waals surface area (Å²) in [5.74, 6) is -0.443. The Bertz CT molecular complexity index is 960. The largest absolute Gasteiger partial charge is 0.461 e. The van der Waals surface area contributed by atoms with Crippen molar-refractivity contribution in [1.82, 2.24) is 4.72 Å². The number of sulfonamides is 1. The summed E-state index contributed by atoms with van der Waals surface area (Å²) in [7, 11) is -3.55. The highest BCUT2D eigenvalue weighted by atomic mass is 32.2. The molecule has 0 amide bonds. The first-order valence-electron chi connectivity index (χ1n) is 7.72. The second kappa shape index (κ2) is 7.77. The summed E-state index contributed by atoms with van der Waals surface area (Å²) in [6.07, 6.45) is -0.0185. The minimum Gasteiger partial charge on any atom is -0.461 e. The van der Waals surface area contributed by atoms with E-state index in [-0.39, 0.29) is 23.8 Å². The van der Waals surface area contributed by atoms with Crippen LogP contribution in [0.15, 0.2) is 64.2 Å². The van der Waals surface area contributed by atoms with Crippen LogP contribution in [-0.4, -0.2) is 20.9 Å². The van der Waals surface area contributed by atoms with E-state index in [0.29, 0.717) is 0 Å². The van der Waals surface area contributed by atoms with Crippen molar-refractivity contribution in [3.63, 3.8) is 0 Å². The maximum atomic E-state index is 11.9. The summed E-state index contributed by atoms with van der Waals surface area (Å²) in [6.45, 7) is 0.173. The minimum atomic E-state index is -3.55. The molecule has 0 radical (unpaired) electrons. The van der Waals surface area contributed by atoms with Gasteiger partial charge in [-0.2, -0.15) is 0 Å². The molecule has 1 heterocycles. The summed E-state index contributed by atoms with van der Waals surface area (Å²) in [6, 6.07) is 16.9. The van der Waals surface area contributed by atoms with Crippen LogP contribution >= 0.6 is 11.3 Å². The first-order valence-corrected chi connectivity index (χ1v) is 10.1. The normalized spacial score (nSPS) is 11.5. The zero-order chi connectivity index (χ0) is 17.7. The van der Waals surface area contributed by atoms with Gasteiger partial charge in [-0.05, 0) is 27.8 Å². The van der Waals surface area contributed by atoms with Gasteiger partial charge in [0.05, 0.1) is 6.42 Å². The van der Waals surface area contributed by atoms with Gasteiger partial charge in [-0.25, -0.2) is 13.1 Å². The third-order valence-electron chi connectivity index (χ3n) is 3.65. The van der Waals surface area contributed by atoms with Gasteiger partial charge in [-0.3, -0.25) is 4.79 Å². The van der Waals surface area contributed by atoms with E-state index in [4.69, 9.17) is 4.74 Å². The monoisotopic (exact) mass is 375 g/mol. The Morgan fingerprint density at radius 2 is 1.84 bits per heavy atom. The van der Waals surface area contributed by atoms with Crippen molar-refractivity contribution in [3.8, 4) is 0 Å². The number of hydrogen-bond donors (Lipinski definition) is 1. The predicted molar refractivity (Wildman–Crippen MR) is 97.9 cm³/mol. The number of hydrogen-bond acceptors (Lipinski definition) is 5. The Kier molecular flexibility index (Phi) is 5.47. The molecule has 1 aromatic heterocycles. The number of ether oxygens (including phenoxy) is 1. The van der Waals surface area contributed by atoms with Crippen molar-refractivity contribution in [2.24, 2.45) is 0 Å². The van der Waals surface area contributed by atoms with Crippen molar-refractivity contribution >= 4 is 38.1 Å². The number of rotatable bonds is 7. The van der Waals surface area contributed by atoms with Crippen LogP contribution in [0.4, 0.5) is 0 Å². The predicted octanol–water partition coefficient (Wildman–Crippen LogP) is 3.31. The van der Waals surface area contributed by atoms with E-state index < -0.39 is 16.0 Å². The Balaban J connectivity index is 1.51. The van der Waals surface area contributed by atoms with Crippen molar-refractivity contribution in [3.05, 3.63) is 65.5 Å². The minimum absolute atomic E-state index is 0.00854. The molecule has 0 aliphatic heterocycles. The van der Waals surface area contributed by atoms with Gasteiger partial charge in [0.2, 0.25) is 10.0 Å². The van der Waals surface area contributed by atoms with Gasteiger partial charge in [0.25, 0.3) is 0 Å². The number of fused-ring (bicyclic) bond motifs is 1. The van der Waals surface area contributed by atoms with Gasteiger partial charge in [0.1, 0.15) is 10.8 Å². The molecule has 7 heteroatoms. The molecule has 0 saturated heterocycles. The molecule has 0 spiro atoms. The quantitative estimate of drug-likeness (QED) is 0.643. The zero-order valence-corrected chi connectivity index (χ0v) is 15.0. The van der Waals surface area contributed by atoms with Gasteiger partial charge in [0.15, 0.2) is 0 Å².